The zero-order chi connectivity index (χ0) is 15.8. The molecule has 2 unspecified atom stereocenters. The van der Waals surface area contributed by atoms with Crippen molar-refractivity contribution in [2.24, 2.45) is 10.9 Å². The molecule has 23 heavy (non-hydrogen) atoms. The molecule has 0 aliphatic carbocycles. The maximum absolute atomic E-state index is 4.35. The molecule has 0 radical (unpaired) electrons. The van der Waals surface area contributed by atoms with E-state index in [0.717, 1.165) is 25.0 Å². The Balaban J connectivity index is 0.00000264. The van der Waals surface area contributed by atoms with E-state index >= 15 is 0 Å². The van der Waals surface area contributed by atoms with Crippen molar-refractivity contribution in [1.29, 1.82) is 0 Å². The molecule has 0 spiro atoms. The van der Waals surface area contributed by atoms with E-state index in [1.54, 1.807) is 0 Å². The number of aliphatic imine (C=N–C) groups is 1. The first-order valence-corrected chi connectivity index (χ1v) is 9.31. The molecule has 0 bridgehead atoms. The lowest BCUT2D eigenvalue weighted by molar-refractivity contribution is 0.183. The molecule has 1 saturated heterocycles. The van der Waals surface area contributed by atoms with Crippen LogP contribution in [0.5, 0.6) is 0 Å². The van der Waals surface area contributed by atoms with Gasteiger partial charge in [-0.15, -0.1) is 35.3 Å². The van der Waals surface area contributed by atoms with Crippen LogP contribution in [0.1, 0.15) is 37.5 Å². The number of piperidine rings is 1. The lowest BCUT2D eigenvalue weighted by Gasteiger charge is -2.32. The minimum Gasteiger partial charge on any atom is -0.356 e. The minimum atomic E-state index is 0. The van der Waals surface area contributed by atoms with Gasteiger partial charge in [0, 0.05) is 37.5 Å². The highest BCUT2D eigenvalue weighted by atomic mass is 127. The summed E-state index contributed by atoms with van der Waals surface area (Å²) in [6, 6.07) is 4.32. The number of likely N-dealkylation sites (tertiary alicyclic amines) is 1. The van der Waals surface area contributed by atoms with Crippen LogP contribution in [0.15, 0.2) is 22.5 Å². The predicted octanol–water partition coefficient (Wildman–Crippen LogP) is 3.37. The van der Waals surface area contributed by atoms with Crippen LogP contribution >= 0.6 is 35.3 Å². The summed E-state index contributed by atoms with van der Waals surface area (Å²) in [6.45, 7) is 10.1. The summed E-state index contributed by atoms with van der Waals surface area (Å²) >= 11 is 1.82. The highest BCUT2D eigenvalue weighted by Gasteiger charge is 2.18. The molecule has 1 aromatic heterocycles. The van der Waals surface area contributed by atoms with Gasteiger partial charge in [0.05, 0.1) is 0 Å². The van der Waals surface area contributed by atoms with Crippen molar-refractivity contribution in [2.75, 3.05) is 39.8 Å². The smallest absolute Gasteiger partial charge is 0.191 e. The summed E-state index contributed by atoms with van der Waals surface area (Å²) in [5, 5.41) is 9.09. The number of nitrogens with zero attached hydrogens (tertiary/aromatic N) is 2. The van der Waals surface area contributed by atoms with Crippen LogP contribution in [0, 0.1) is 5.92 Å². The van der Waals surface area contributed by atoms with E-state index in [4.69, 9.17) is 0 Å². The maximum atomic E-state index is 4.35. The predicted molar refractivity (Wildman–Crippen MR) is 112 cm³/mol. The van der Waals surface area contributed by atoms with Gasteiger partial charge in [0.2, 0.25) is 0 Å². The molecule has 0 saturated carbocycles. The third kappa shape index (κ3) is 6.97. The highest BCUT2D eigenvalue weighted by molar-refractivity contribution is 14.0. The number of nitrogens with one attached hydrogen (secondary N) is 2. The Labute approximate surface area is 162 Å². The molecule has 2 N–H and O–H groups in total. The molecule has 4 nitrogen and oxygen atoms in total. The van der Waals surface area contributed by atoms with Crippen molar-refractivity contribution in [3.8, 4) is 0 Å². The number of halogens is 1. The van der Waals surface area contributed by atoms with Crippen molar-refractivity contribution in [1.82, 2.24) is 15.5 Å². The van der Waals surface area contributed by atoms with Gasteiger partial charge in [-0.25, -0.2) is 0 Å². The Bertz CT molecular complexity index is 449. The van der Waals surface area contributed by atoms with Gasteiger partial charge in [0.15, 0.2) is 5.96 Å². The van der Waals surface area contributed by atoms with Gasteiger partial charge in [-0.1, -0.05) is 19.9 Å². The second-order valence-electron chi connectivity index (χ2n) is 6.15. The van der Waals surface area contributed by atoms with Crippen LogP contribution < -0.4 is 10.6 Å². The lowest BCUT2D eigenvalue weighted by Crippen LogP contribution is -2.45. The zero-order valence-corrected chi connectivity index (χ0v) is 17.7. The van der Waals surface area contributed by atoms with Crippen LogP contribution in [0.25, 0.3) is 0 Å². The minimum absolute atomic E-state index is 0. The molecule has 6 heteroatoms. The van der Waals surface area contributed by atoms with Crippen molar-refractivity contribution in [3.05, 3.63) is 22.4 Å². The normalized spacial score (nSPS) is 20.7. The van der Waals surface area contributed by atoms with Crippen LogP contribution in [-0.4, -0.2) is 50.6 Å². The number of guanidine groups is 1. The van der Waals surface area contributed by atoms with Crippen LogP contribution in [0.4, 0.5) is 0 Å². The Kier molecular flexibility index (Phi) is 10.1. The van der Waals surface area contributed by atoms with Gasteiger partial charge in [0.25, 0.3) is 0 Å². The fourth-order valence-corrected chi connectivity index (χ4v) is 3.78. The standard InChI is InChI=1S/C17H30N4S.HI/c1-4-21-9-5-7-15(13-21)12-20-17(18-3)19-11-14(2)16-8-6-10-22-16;/h6,8,10,14-15H,4-5,7,9,11-13H2,1-3H3,(H2,18,19,20);1H. The van der Waals surface area contributed by atoms with Crippen LogP contribution in [0.3, 0.4) is 0 Å². The fourth-order valence-electron chi connectivity index (χ4n) is 2.99. The molecule has 2 heterocycles. The Morgan fingerprint density at radius 3 is 2.96 bits per heavy atom. The molecule has 2 rings (SSSR count). The summed E-state index contributed by atoms with van der Waals surface area (Å²) in [5.41, 5.74) is 0. The highest BCUT2D eigenvalue weighted by Crippen LogP contribution is 2.19. The summed E-state index contributed by atoms with van der Waals surface area (Å²) < 4.78 is 0. The van der Waals surface area contributed by atoms with Gasteiger partial charge in [-0.2, -0.15) is 0 Å². The van der Waals surface area contributed by atoms with Crippen molar-refractivity contribution in [2.45, 2.75) is 32.6 Å². The molecule has 0 aromatic carbocycles. The SMILES string of the molecule is CCN1CCCC(CNC(=NC)NCC(C)c2cccs2)C1.I. The molecule has 1 aromatic rings. The van der Waals surface area contributed by atoms with Gasteiger partial charge in [0.1, 0.15) is 0 Å². The summed E-state index contributed by atoms with van der Waals surface area (Å²) in [5.74, 6) is 2.18. The van der Waals surface area contributed by atoms with Gasteiger partial charge >= 0.3 is 0 Å². The van der Waals surface area contributed by atoms with E-state index in [1.807, 2.05) is 18.4 Å². The van der Waals surface area contributed by atoms with Gasteiger partial charge in [-0.05, 0) is 43.3 Å². The first-order valence-electron chi connectivity index (χ1n) is 8.43. The van der Waals surface area contributed by atoms with Crippen molar-refractivity contribution < 1.29 is 0 Å². The Morgan fingerprint density at radius 1 is 1.48 bits per heavy atom. The maximum Gasteiger partial charge on any atom is 0.191 e. The fraction of sp³-hybridized carbons (Fsp3) is 0.706. The third-order valence-electron chi connectivity index (χ3n) is 4.44. The van der Waals surface area contributed by atoms with Gasteiger partial charge in [-0.3, -0.25) is 4.99 Å². The zero-order valence-electron chi connectivity index (χ0n) is 14.5. The first-order chi connectivity index (χ1) is 10.7. The lowest BCUT2D eigenvalue weighted by atomic mass is 9.98. The molecule has 0 amide bonds. The molecule has 1 fully saturated rings. The molecular formula is C17H31IN4S. The van der Waals surface area contributed by atoms with Crippen molar-refractivity contribution in [3.63, 3.8) is 0 Å². The van der Waals surface area contributed by atoms with Crippen LogP contribution in [-0.2, 0) is 0 Å². The number of rotatable bonds is 6. The Hall–Kier alpha value is -0.340. The molecule has 1 aliphatic heterocycles. The number of hydrogen-bond donors (Lipinski definition) is 2. The quantitative estimate of drug-likeness (QED) is 0.397. The van der Waals surface area contributed by atoms with E-state index in [-0.39, 0.29) is 24.0 Å². The third-order valence-corrected chi connectivity index (χ3v) is 5.54. The van der Waals surface area contributed by atoms with E-state index < -0.39 is 0 Å². The van der Waals surface area contributed by atoms with E-state index in [0.29, 0.717) is 5.92 Å². The second kappa shape index (κ2) is 11.3. The number of hydrogen-bond acceptors (Lipinski definition) is 3. The van der Waals surface area contributed by atoms with Crippen LogP contribution in [0.2, 0.25) is 0 Å². The van der Waals surface area contributed by atoms with E-state index in [9.17, 15) is 0 Å². The average molecular weight is 450 g/mol. The molecule has 132 valence electrons. The average Bonchev–Trinajstić information content (AvgIpc) is 3.09. The Morgan fingerprint density at radius 2 is 2.30 bits per heavy atom. The molecule has 1 aliphatic rings. The van der Waals surface area contributed by atoms with E-state index in [1.165, 1.54) is 37.4 Å². The summed E-state index contributed by atoms with van der Waals surface area (Å²) in [7, 11) is 1.85. The monoisotopic (exact) mass is 450 g/mol. The molecular weight excluding hydrogens is 419 g/mol. The van der Waals surface area contributed by atoms with Crippen molar-refractivity contribution >= 4 is 41.3 Å². The number of thiophene rings is 1. The topological polar surface area (TPSA) is 39.7 Å². The van der Waals surface area contributed by atoms with Gasteiger partial charge < -0.3 is 15.5 Å². The largest absolute Gasteiger partial charge is 0.356 e. The second-order valence-corrected chi connectivity index (χ2v) is 7.13. The molecule has 2 atom stereocenters. The summed E-state index contributed by atoms with van der Waals surface area (Å²) in [4.78, 5) is 8.32. The van der Waals surface area contributed by atoms with E-state index in [2.05, 4.69) is 51.9 Å². The first kappa shape index (κ1) is 20.7. The summed E-state index contributed by atoms with van der Waals surface area (Å²) in [6.07, 6.45) is 2.65.